The van der Waals surface area contributed by atoms with E-state index in [0.717, 1.165) is 5.69 Å². The van der Waals surface area contributed by atoms with E-state index in [-0.39, 0.29) is 5.56 Å². The normalized spacial score (nSPS) is 10.5. The lowest BCUT2D eigenvalue weighted by molar-refractivity contribution is 0.624. The standard InChI is InChI=1S/C8H5Br2N3OS/c9-6-1-12-13(8(14)7(6)10)2-5-3-15-4-11-5/h1,3-4H,2H2. The van der Waals surface area contributed by atoms with Gasteiger partial charge in [0.25, 0.3) is 5.56 Å². The van der Waals surface area contributed by atoms with E-state index < -0.39 is 0 Å². The molecule has 0 aliphatic heterocycles. The highest BCUT2D eigenvalue weighted by molar-refractivity contribution is 9.13. The Hall–Kier alpha value is -0.530. The van der Waals surface area contributed by atoms with E-state index in [1.807, 2.05) is 5.38 Å². The zero-order valence-corrected chi connectivity index (χ0v) is 11.3. The van der Waals surface area contributed by atoms with Gasteiger partial charge in [0.2, 0.25) is 0 Å². The lowest BCUT2D eigenvalue weighted by Crippen LogP contribution is -2.24. The molecular formula is C8H5Br2N3OS. The van der Waals surface area contributed by atoms with Gasteiger partial charge in [-0.05, 0) is 31.9 Å². The van der Waals surface area contributed by atoms with Crippen LogP contribution in [-0.4, -0.2) is 14.8 Å². The van der Waals surface area contributed by atoms with Gasteiger partial charge in [-0.2, -0.15) is 5.10 Å². The van der Waals surface area contributed by atoms with E-state index in [1.54, 1.807) is 11.7 Å². The molecule has 0 amide bonds. The van der Waals surface area contributed by atoms with Gasteiger partial charge in [-0.15, -0.1) is 11.3 Å². The zero-order chi connectivity index (χ0) is 10.8. The maximum absolute atomic E-state index is 11.7. The highest BCUT2D eigenvalue weighted by atomic mass is 79.9. The second kappa shape index (κ2) is 4.54. The van der Waals surface area contributed by atoms with Crippen LogP contribution in [0.2, 0.25) is 0 Å². The summed E-state index contributed by atoms with van der Waals surface area (Å²) in [4.78, 5) is 15.8. The van der Waals surface area contributed by atoms with Crippen molar-refractivity contribution in [1.29, 1.82) is 0 Å². The molecule has 0 unspecified atom stereocenters. The molecule has 0 aromatic carbocycles. The lowest BCUT2D eigenvalue weighted by Gasteiger charge is -2.03. The molecule has 0 aliphatic rings. The summed E-state index contributed by atoms with van der Waals surface area (Å²) in [6.07, 6.45) is 1.58. The van der Waals surface area contributed by atoms with Crippen LogP contribution >= 0.6 is 43.2 Å². The molecule has 0 radical (unpaired) electrons. The molecule has 0 saturated carbocycles. The lowest BCUT2D eigenvalue weighted by atomic mass is 10.5. The number of thiazole rings is 1. The number of hydrogen-bond donors (Lipinski definition) is 0. The predicted octanol–water partition coefficient (Wildman–Crippen LogP) is 2.27. The molecule has 7 heteroatoms. The van der Waals surface area contributed by atoms with Gasteiger partial charge in [0, 0.05) is 5.38 Å². The van der Waals surface area contributed by atoms with Crippen LogP contribution in [0.5, 0.6) is 0 Å². The van der Waals surface area contributed by atoms with Gasteiger partial charge >= 0.3 is 0 Å². The zero-order valence-electron chi connectivity index (χ0n) is 7.35. The molecule has 0 spiro atoms. The largest absolute Gasteiger partial charge is 0.282 e. The second-order valence-corrected chi connectivity index (χ2v) is 5.12. The average molecular weight is 351 g/mol. The summed E-state index contributed by atoms with van der Waals surface area (Å²) in [5, 5.41) is 5.90. The van der Waals surface area contributed by atoms with Crippen molar-refractivity contribution in [2.45, 2.75) is 6.54 Å². The summed E-state index contributed by atoms with van der Waals surface area (Å²) in [5.41, 5.74) is 2.40. The van der Waals surface area contributed by atoms with Crippen molar-refractivity contribution in [2.75, 3.05) is 0 Å². The van der Waals surface area contributed by atoms with E-state index in [1.165, 1.54) is 16.0 Å². The molecule has 4 nitrogen and oxygen atoms in total. The predicted molar refractivity (Wildman–Crippen MR) is 65.1 cm³/mol. The van der Waals surface area contributed by atoms with Crippen LogP contribution in [0.1, 0.15) is 5.69 Å². The number of aromatic nitrogens is 3. The van der Waals surface area contributed by atoms with Crippen LogP contribution in [0, 0.1) is 0 Å². The smallest absolute Gasteiger partial charge is 0.266 e. The molecule has 2 aromatic rings. The first-order valence-corrected chi connectivity index (χ1v) is 6.49. The van der Waals surface area contributed by atoms with Crippen molar-refractivity contribution in [3.63, 3.8) is 0 Å². The van der Waals surface area contributed by atoms with Crippen LogP contribution < -0.4 is 5.56 Å². The molecule has 0 aliphatic carbocycles. The van der Waals surface area contributed by atoms with Crippen LogP contribution in [-0.2, 0) is 6.54 Å². The van der Waals surface area contributed by atoms with Crippen LogP contribution in [0.3, 0.4) is 0 Å². The van der Waals surface area contributed by atoms with Crippen LogP contribution in [0.4, 0.5) is 0 Å². The molecule has 0 fully saturated rings. The van der Waals surface area contributed by atoms with Gasteiger partial charge in [0.15, 0.2) is 0 Å². The number of halogens is 2. The van der Waals surface area contributed by atoms with Crippen molar-refractivity contribution >= 4 is 43.2 Å². The van der Waals surface area contributed by atoms with Gasteiger partial charge in [0.1, 0.15) is 4.47 Å². The van der Waals surface area contributed by atoms with Gasteiger partial charge in [0.05, 0.1) is 28.4 Å². The first kappa shape index (κ1) is 11.0. The van der Waals surface area contributed by atoms with Gasteiger partial charge in [-0.25, -0.2) is 9.67 Å². The van der Waals surface area contributed by atoms with E-state index >= 15 is 0 Å². The fourth-order valence-corrected chi connectivity index (χ4v) is 2.14. The summed E-state index contributed by atoms with van der Waals surface area (Å²) in [6, 6.07) is 0. The molecule has 78 valence electrons. The Kier molecular flexibility index (Phi) is 3.32. The molecule has 0 atom stereocenters. The summed E-state index contributed by atoms with van der Waals surface area (Å²) >= 11 is 7.91. The van der Waals surface area contributed by atoms with Crippen molar-refractivity contribution in [3.8, 4) is 0 Å². The molecule has 0 bridgehead atoms. The minimum Gasteiger partial charge on any atom is -0.266 e. The van der Waals surface area contributed by atoms with Crippen LogP contribution in [0.15, 0.2) is 30.8 Å². The van der Waals surface area contributed by atoms with E-state index in [0.29, 0.717) is 15.5 Å². The fourth-order valence-electron chi connectivity index (χ4n) is 1.03. The number of rotatable bonds is 2. The van der Waals surface area contributed by atoms with Gasteiger partial charge in [-0.3, -0.25) is 4.79 Å². The quantitative estimate of drug-likeness (QED) is 0.834. The van der Waals surface area contributed by atoms with Crippen LogP contribution in [0.25, 0.3) is 0 Å². The Morgan fingerprint density at radius 1 is 1.47 bits per heavy atom. The summed E-state index contributed by atoms with van der Waals surface area (Å²) in [7, 11) is 0. The molecule has 0 N–H and O–H groups in total. The Balaban J connectivity index is 2.38. The maximum atomic E-state index is 11.7. The SMILES string of the molecule is O=c1c(Br)c(Br)cnn1Cc1cscn1. The second-order valence-electron chi connectivity index (χ2n) is 2.75. The monoisotopic (exact) mass is 349 g/mol. The highest BCUT2D eigenvalue weighted by Crippen LogP contribution is 2.16. The van der Waals surface area contributed by atoms with Crippen molar-refractivity contribution < 1.29 is 0 Å². The fraction of sp³-hybridized carbons (Fsp3) is 0.125. The summed E-state index contributed by atoms with van der Waals surface area (Å²) in [5.74, 6) is 0. The minimum atomic E-state index is -0.169. The minimum absolute atomic E-state index is 0.169. The molecule has 2 heterocycles. The molecule has 2 rings (SSSR count). The third-order valence-corrected chi connectivity index (χ3v) is 4.27. The number of nitrogens with zero attached hydrogens (tertiary/aromatic N) is 3. The molecule has 15 heavy (non-hydrogen) atoms. The Morgan fingerprint density at radius 2 is 2.27 bits per heavy atom. The third-order valence-electron chi connectivity index (χ3n) is 1.74. The summed E-state index contributed by atoms with van der Waals surface area (Å²) in [6.45, 7) is 0.397. The van der Waals surface area contributed by atoms with E-state index in [4.69, 9.17) is 0 Å². The Morgan fingerprint density at radius 3 is 2.93 bits per heavy atom. The molecule has 2 aromatic heterocycles. The first-order chi connectivity index (χ1) is 7.18. The topological polar surface area (TPSA) is 47.8 Å². The maximum Gasteiger partial charge on any atom is 0.282 e. The van der Waals surface area contributed by atoms with E-state index in [2.05, 4.69) is 41.9 Å². The van der Waals surface area contributed by atoms with Crippen molar-refractivity contribution in [1.82, 2.24) is 14.8 Å². The highest BCUT2D eigenvalue weighted by Gasteiger charge is 2.07. The summed E-state index contributed by atoms with van der Waals surface area (Å²) < 4.78 is 2.50. The Labute approximate surface area is 106 Å². The molecule has 0 saturated heterocycles. The van der Waals surface area contributed by atoms with Crippen molar-refractivity contribution in [2.24, 2.45) is 0 Å². The first-order valence-electron chi connectivity index (χ1n) is 3.96. The Bertz CT molecular complexity index is 523. The number of hydrogen-bond acceptors (Lipinski definition) is 4. The van der Waals surface area contributed by atoms with Gasteiger partial charge in [-0.1, -0.05) is 0 Å². The van der Waals surface area contributed by atoms with Gasteiger partial charge < -0.3 is 0 Å². The third kappa shape index (κ3) is 2.35. The average Bonchev–Trinajstić information content (AvgIpc) is 2.72. The van der Waals surface area contributed by atoms with E-state index in [9.17, 15) is 4.79 Å². The van der Waals surface area contributed by atoms with Crippen molar-refractivity contribution in [3.05, 3.63) is 42.1 Å². The molecular weight excluding hydrogens is 346 g/mol.